The molecule has 1 rings (SSSR count). The molecular weight excluding hydrogens is 268 g/mol. The molecule has 2 N–H and O–H groups in total. The highest BCUT2D eigenvalue weighted by Crippen LogP contribution is 2.07. The fourth-order valence-electron chi connectivity index (χ4n) is 1.66. The topological polar surface area (TPSA) is 71.7 Å². The van der Waals surface area contributed by atoms with Crippen molar-refractivity contribution in [2.24, 2.45) is 10.9 Å². The van der Waals surface area contributed by atoms with Crippen LogP contribution in [0.25, 0.3) is 0 Å². The first-order chi connectivity index (χ1) is 10.0. The van der Waals surface area contributed by atoms with E-state index in [4.69, 9.17) is 9.15 Å². The molecule has 0 bridgehead atoms. The maximum Gasteiger partial charge on any atom is 0.214 e. The van der Waals surface area contributed by atoms with Crippen LogP contribution < -0.4 is 10.6 Å². The number of nitrogens with one attached hydrogen (secondary N) is 2. The van der Waals surface area contributed by atoms with Gasteiger partial charge in [-0.2, -0.15) is 0 Å². The molecule has 1 aromatic rings. The molecule has 0 aliphatic rings. The monoisotopic (exact) mass is 296 g/mol. The zero-order valence-electron chi connectivity index (χ0n) is 13.8. The van der Waals surface area contributed by atoms with Gasteiger partial charge in [0.2, 0.25) is 5.89 Å². The lowest BCUT2D eigenvalue weighted by Crippen LogP contribution is -2.38. The maximum atomic E-state index is 5.55. The number of hydrogen-bond acceptors (Lipinski definition) is 4. The zero-order valence-corrected chi connectivity index (χ0v) is 13.8. The quantitative estimate of drug-likeness (QED) is 0.436. The molecule has 0 fully saturated rings. The van der Waals surface area contributed by atoms with Crippen molar-refractivity contribution in [3.63, 3.8) is 0 Å². The summed E-state index contributed by atoms with van der Waals surface area (Å²) in [7, 11) is 1.74. The predicted octanol–water partition coefficient (Wildman–Crippen LogP) is 2.02. The van der Waals surface area contributed by atoms with Crippen molar-refractivity contribution in [3.8, 4) is 0 Å². The number of aliphatic imine (C=N–C) groups is 1. The van der Waals surface area contributed by atoms with Crippen LogP contribution in [0.15, 0.2) is 9.41 Å². The molecule has 0 aliphatic heterocycles. The fraction of sp³-hybridized carbons (Fsp3) is 0.733. The Balaban J connectivity index is 2.17. The van der Waals surface area contributed by atoms with Crippen molar-refractivity contribution in [2.75, 3.05) is 26.8 Å². The van der Waals surface area contributed by atoms with Crippen molar-refractivity contribution in [1.29, 1.82) is 0 Å². The van der Waals surface area contributed by atoms with Gasteiger partial charge in [0.15, 0.2) is 5.96 Å². The largest absolute Gasteiger partial charge is 0.444 e. The van der Waals surface area contributed by atoms with Gasteiger partial charge < -0.3 is 19.8 Å². The minimum Gasteiger partial charge on any atom is -0.444 e. The smallest absolute Gasteiger partial charge is 0.214 e. The van der Waals surface area contributed by atoms with Gasteiger partial charge in [0, 0.05) is 20.2 Å². The Morgan fingerprint density at radius 1 is 1.29 bits per heavy atom. The van der Waals surface area contributed by atoms with Crippen LogP contribution >= 0.6 is 0 Å². The lowest BCUT2D eigenvalue weighted by molar-refractivity contribution is 0.128. The number of ether oxygens (including phenoxy) is 1. The van der Waals surface area contributed by atoms with Crippen LogP contribution in [-0.2, 0) is 11.3 Å². The van der Waals surface area contributed by atoms with E-state index in [0.29, 0.717) is 25.0 Å². The van der Waals surface area contributed by atoms with Gasteiger partial charge in [-0.05, 0) is 26.2 Å². The van der Waals surface area contributed by atoms with E-state index >= 15 is 0 Å². The van der Waals surface area contributed by atoms with Gasteiger partial charge in [0.1, 0.15) is 5.76 Å². The van der Waals surface area contributed by atoms with E-state index in [2.05, 4.69) is 34.5 Å². The highest BCUT2D eigenvalue weighted by molar-refractivity contribution is 5.79. The Morgan fingerprint density at radius 2 is 2.05 bits per heavy atom. The van der Waals surface area contributed by atoms with Crippen LogP contribution in [0.5, 0.6) is 0 Å². The molecule has 6 heteroatoms. The first-order valence-corrected chi connectivity index (χ1v) is 7.48. The van der Waals surface area contributed by atoms with E-state index in [9.17, 15) is 0 Å². The molecule has 120 valence electrons. The SMILES string of the molecule is CN=C(NCCOCCC(C)C)NCc1nc(C)c(C)o1. The summed E-state index contributed by atoms with van der Waals surface area (Å²) in [6.07, 6.45) is 1.09. The minimum absolute atomic E-state index is 0.516. The third-order valence-electron chi connectivity index (χ3n) is 3.08. The number of nitrogens with zero attached hydrogens (tertiary/aromatic N) is 2. The van der Waals surface area contributed by atoms with E-state index < -0.39 is 0 Å². The van der Waals surface area contributed by atoms with Gasteiger partial charge in [-0.15, -0.1) is 0 Å². The summed E-state index contributed by atoms with van der Waals surface area (Å²) in [6.45, 7) is 10.9. The summed E-state index contributed by atoms with van der Waals surface area (Å²) >= 11 is 0. The molecular formula is C15H28N4O2. The molecule has 0 aromatic carbocycles. The van der Waals surface area contributed by atoms with Crippen molar-refractivity contribution in [2.45, 2.75) is 40.7 Å². The molecule has 0 amide bonds. The lowest BCUT2D eigenvalue weighted by Gasteiger charge is -2.11. The Bertz CT molecular complexity index is 421. The molecule has 6 nitrogen and oxygen atoms in total. The summed E-state index contributed by atoms with van der Waals surface area (Å²) in [6, 6.07) is 0. The molecule has 0 saturated heterocycles. The molecule has 0 atom stereocenters. The Labute approximate surface area is 127 Å². The third kappa shape index (κ3) is 7.13. The summed E-state index contributed by atoms with van der Waals surface area (Å²) in [5, 5.41) is 6.36. The first kappa shape index (κ1) is 17.5. The number of oxazole rings is 1. The zero-order chi connectivity index (χ0) is 15.7. The van der Waals surface area contributed by atoms with E-state index in [1.54, 1.807) is 7.05 Å². The molecule has 21 heavy (non-hydrogen) atoms. The highest BCUT2D eigenvalue weighted by Gasteiger charge is 2.06. The average Bonchev–Trinajstić information content (AvgIpc) is 2.76. The first-order valence-electron chi connectivity index (χ1n) is 7.48. The number of guanidine groups is 1. The maximum absolute atomic E-state index is 5.55. The van der Waals surface area contributed by atoms with Gasteiger partial charge in [-0.3, -0.25) is 4.99 Å². The second-order valence-corrected chi connectivity index (χ2v) is 5.40. The summed E-state index contributed by atoms with van der Waals surface area (Å²) in [5.41, 5.74) is 0.924. The lowest BCUT2D eigenvalue weighted by atomic mass is 10.1. The minimum atomic E-state index is 0.516. The summed E-state index contributed by atoms with van der Waals surface area (Å²) in [5.74, 6) is 2.92. The normalized spacial score (nSPS) is 12.0. The van der Waals surface area contributed by atoms with E-state index in [1.165, 1.54) is 0 Å². The highest BCUT2D eigenvalue weighted by atomic mass is 16.5. The summed E-state index contributed by atoms with van der Waals surface area (Å²) < 4.78 is 11.1. The molecule has 1 heterocycles. The number of aryl methyl sites for hydroxylation is 2. The molecule has 0 saturated carbocycles. The molecule has 0 spiro atoms. The number of aromatic nitrogens is 1. The number of rotatable bonds is 8. The van der Waals surface area contributed by atoms with Crippen molar-refractivity contribution >= 4 is 5.96 Å². The Kier molecular flexibility index (Phi) is 7.82. The van der Waals surface area contributed by atoms with Crippen molar-refractivity contribution in [3.05, 3.63) is 17.3 Å². The van der Waals surface area contributed by atoms with Crippen LogP contribution in [0.4, 0.5) is 0 Å². The van der Waals surface area contributed by atoms with E-state index in [0.717, 1.165) is 37.0 Å². The van der Waals surface area contributed by atoms with E-state index in [1.807, 2.05) is 13.8 Å². The van der Waals surface area contributed by atoms with Crippen molar-refractivity contribution in [1.82, 2.24) is 15.6 Å². The second kappa shape index (κ2) is 9.39. The van der Waals surface area contributed by atoms with Crippen LogP contribution in [0.2, 0.25) is 0 Å². The van der Waals surface area contributed by atoms with Crippen LogP contribution in [0.3, 0.4) is 0 Å². The standard InChI is InChI=1S/C15H28N4O2/c1-11(2)6-8-20-9-7-17-15(16-5)18-10-14-19-12(3)13(4)21-14/h11H,6-10H2,1-5H3,(H2,16,17,18). The second-order valence-electron chi connectivity index (χ2n) is 5.40. The van der Waals surface area contributed by atoms with Gasteiger partial charge >= 0.3 is 0 Å². The Morgan fingerprint density at radius 3 is 2.62 bits per heavy atom. The molecule has 0 unspecified atom stereocenters. The Hall–Kier alpha value is -1.56. The van der Waals surface area contributed by atoms with Crippen LogP contribution in [0.1, 0.15) is 37.6 Å². The molecule has 1 aromatic heterocycles. The van der Waals surface area contributed by atoms with E-state index in [-0.39, 0.29) is 0 Å². The van der Waals surface area contributed by atoms with Gasteiger partial charge in [0.05, 0.1) is 18.8 Å². The summed E-state index contributed by atoms with van der Waals surface area (Å²) in [4.78, 5) is 8.46. The third-order valence-corrected chi connectivity index (χ3v) is 3.08. The number of hydrogen-bond donors (Lipinski definition) is 2. The van der Waals surface area contributed by atoms with Crippen LogP contribution in [0, 0.1) is 19.8 Å². The van der Waals surface area contributed by atoms with Gasteiger partial charge in [-0.25, -0.2) is 4.98 Å². The average molecular weight is 296 g/mol. The van der Waals surface area contributed by atoms with Crippen molar-refractivity contribution < 1.29 is 9.15 Å². The molecule has 0 aliphatic carbocycles. The van der Waals surface area contributed by atoms with Gasteiger partial charge in [0.25, 0.3) is 0 Å². The predicted molar refractivity (Wildman–Crippen MR) is 84.5 cm³/mol. The fourth-order valence-corrected chi connectivity index (χ4v) is 1.66. The van der Waals surface area contributed by atoms with Gasteiger partial charge in [-0.1, -0.05) is 13.8 Å². The van der Waals surface area contributed by atoms with Crippen LogP contribution in [-0.4, -0.2) is 37.7 Å². The molecule has 0 radical (unpaired) electrons.